The number of ether oxygens (including phenoxy) is 1. The highest BCUT2D eigenvalue weighted by Crippen LogP contribution is 2.31. The molecule has 0 unspecified atom stereocenters. The molecule has 1 aromatic carbocycles. The van der Waals surface area contributed by atoms with E-state index < -0.39 is 0 Å². The van der Waals surface area contributed by atoms with Gasteiger partial charge in [0.15, 0.2) is 0 Å². The minimum absolute atomic E-state index is 0.382. The normalized spacial score (nSPS) is 10.3. The van der Waals surface area contributed by atoms with Crippen LogP contribution in [0.2, 0.25) is 0 Å². The van der Waals surface area contributed by atoms with E-state index >= 15 is 0 Å². The molecule has 2 rings (SSSR count). The van der Waals surface area contributed by atoms with Crippen molar-refractivity contribution in [3.8, 4) is 17.0 Å². The number of nitrogens with zero attached hydrogens (tertiary/aromatic N) is 1. The molecule has 6 heteroatoms. The molecule has 0 atom stereocenters. The number of hydrazine groups is 1. The van der Waals surface area contributed by atoms with Gasteiger partial charge in [0.25, 0.3) is 5.91 Å². The molecule has 0 bridgehead atoms. The van der Waals surface area contributed by atoms with Crippen LogP contribution in [0.5, 0.6) is 5.75 Å². The van der Waals surface area contributed by atoms with E-state index in [0.717, 1.165) is 5.56 Å². The monoisotopic (exact) mass is 260 g/mol. The second-order valence-electron chi connectivity index (χ2n) is 3.97. The Morgan fingerprint density at radius 1 is 1.47 bits per heavy atom. The maximum Gasteiger partial charge on any atom is 0.269 e. The number of aryl methyl sites for hydroxylation is 1. The first kappa shape index (κ1) is 13.1. The zero-order valence-electron chi connectivity index (χ0n) is 10.9. The fourth-order valence-corrected chi connectivity index (χ4v) is 1.92. The Labute approximate surface area is 110 Å². The number of benzene rings is 1. The van der Waals surface area contributed by atoms with Crippen molar-refractivity contribution >= 4 is 5.91 Å². The first-order valence-corrected chi connectivity index (χ1v) is 5.97. The first-order chi connectivity index (χ1) is 9.19. The van der Waals surface area contributed by atoms with Crippen LogP contribution in [-0.4, -0.2) is 22.7 Å². The van der Waals surface area contributed by atoms with Gasteiger partial charge in [-0.15, -0.1) is 0 Å². The summed E-state index contributed by atoms with van der Waals surface area (Å²) in [5, 5.41) is 6.97. The molecule has 4 N–H and O–H groups in total. The lowest BCUT2D eigenvalue weighted by Gasteiger charge is -2.09. The minimum atomic E-state index is -0.382. The summed E-state index contributed by atoms with van der Waals surface area (Å²) in [6, 6.07) is 7.43. The van der Waals surface area contributed by atoms with Crippen molar-refractivity contribution in [3.05, 3.63) is 35.5 Å². The van der Waals surface area contributed by atoms with Crippen molar-refractivity contribution in [2.24, 2.45) is 5.84 Å². The van der Waals surface area contributed by atoms with Gasteiger partial charge in [-0.25, -0.2) is 5.84 Å². The van der Waals surface area contributed by atoms with Crippen molar-refractivity contribution in [2.75, 3.05) is 6.61 Å². The van der Waals surface area contributed by atoms with Gasteiger partial charge < -0.3 is 4.74 Å². The predicted molar refractivity (Wildman–Crippen MR) is 71.6 cm³/mol. The summed E-state index contributed by atoms with van der Waals surface area (Å²) in [7, 11) is 0. The number of H-pyrrole nitrogens is 1. The number of hydrogen-bond donors (Lipinski definition) is 3. The molecule has 0 spiro atoms. The summed E-state index contributed by atoms with van der Waals surface area (Å²) < 4.78 is 5.55. The van der Waals surface area contributed by atoms with Gasteiger partial charge in [0.2, 0.25) is 0 Å². The Bertz CT molecular complexity index is 592. The number of para-hydroxylation sites is 1. The second kappa shape index (κ2) is 5.53. The smallest absolute Gasteiger partial charge is 0.269 e. The minimum Gasteiger partial charge on any atom is -0.493 e. The highest BCUT2D eigenvalue weighted by Gasteiger charge is 2.20. The Morgan fingerprint density at radius 3 is 2.89 bits per heavy atom. The molecule has 0 saturated heterocycles. The number of carbonyl (C=O) groups is 1. The quantitative estimate of drug-likeness (QED) is 0.440. The third-order valence-corrected chi connectivity index (χ3v) is 2.75. The molecule has 0 aliphatic rings. The van der Waals surface area contributed by atoms with Gasteiger partial charge in [0.1, 0.15) is 11.4 Å². The molecule has 1 heterocycles. The van der Waals surface area contributed by atoms with Gasteiger partial charge in [-0.1, -0.05) is 12.1 Å². The molecule has 2 aromatic rings. The van der Waals surface area contributed by atoms with Crippen LogP contribution in [0.1, 0.15) is 23.0 Å². The molecule has 19 heavy (non-hydrogen) atoms. The maximum atomic E-state index is 11.8. The molecular formula is C13H16N4O2. The summed E-state index contributed by atoms with van der Waals surface area (Å²) in [5.74, 6) is 5.50. The van der Waals surface area contributed by atoms with Crippen molar-refractivity contribution in [1.29, 1.82) is 0 Å². The largest absolute Gasteiger partial charge is 0.493 e. The highest BCUT2D eigenvalue weighted by atomic mass is 16.5. The number of nitrogen functional groups attached to an aromatic ring is 1. The third kappa shape index (κ3) is 2.43. The maximum absolute atomic E-state index is 11.8. The number of carbonyl (C=O) groups excluding carboxylic acids is 1. The molecule has 1 aromatic heterocycles. The number of hydrogen-bond acceptors (Lipinski definition) is 4. The van der Waals surface area contributed by atoms with Crippen molar-refractivity contribution in [1.82, 2.24) is 15.6 Å². The molecule has 0 aliphatic carbocycles. The van der Waals surface area contributed by atoms with Crippen molar-refractivity contribution in [3.63, 3.8) is 0 Å². The number of amides is 1. The number of nitrogens with two attached hydrogens (primary N) is 1. The average molecular weight is 260 g/mol. The number of aromatic amines is 1. The Kier molecular flexibility index (Phi) is 3.82. The van der Waals surface area contributed by atoms with E-state index in [4.69, 9.17) is 10.6 Å². The topological polar surface area (TPSA) is 93.0 Å². The van der Waals surface area contributed by atoms with Crippen molar-refractivity contribution in [2.45, 2.75) is 13.8 Å². The predicted octanol–water partition coefficient (Wildman–Crippen LogP) is 1.39. The van der Waals surface area contributed by atoms with Crippen LogP contribution < -0.4 is 16.0 Å². The lowest BCUT2D eigenvalue weighted by molar-refractivity contribution is 0.0954. The Hall–Kier alpha value is -2.34. The molecule has 0 aliphatic heterocycles. The fraction of sp³-hybridized carbons (Fsp3) is 0.231. The van der Waals surface area contributed by atoms with Gasteiger partial charge in [0, 0.05) is 11.3 Å². The van der Waals surface area contributed by atoms with Crippen molar-refractivity contribution < 1.29 is 9.53 Å². The first-order valence-electron chi connectivity index (χ1n) is 5.97. The van der Waals surface area contributed by atoms with Crippen LogP contribution in [0.4, 0.5) is 0 Å². The lowest BCUT2D eigenvalue weighted by Crippen LogP contribution is -2.30. The average Bonchev–Trinajstić information content (AvgIpc) is 2.81. The standard InChI is InChI=1S/C13H16N4O2/c1-3-19-10-7-5-4-6-9(10)12-11(13(18)15-14)8(2)16-17-12/h4-7H,3,14H2,1-2H3,(H,15,18)(H,16,17). The summed E-state index contributed by atoms with van der Waals surface area (Å²) in [6.07, 6.45) is 0. The molecule has 0 saturated carbocycles. The summed E-state index contributed by atoms with van der Waals surface area (Å²) in [4.78, 5) is 11.8. The van der Waals surface area contributed by atoms with Gasteiger partial charge in [0.05, 0.1) is 12.2 Å². The van der Waals surface area contributed by atoms with E-state index in [-0.39, 0.29) is 5.91 Å². The van der Waals surface area contributed by atoms with Crippen LogP contribution in [0.15, 0.2) is 24.3 Å². The van der Waals surface area contributed by atoms with Crippen LogP contribution in [0.3, 0.4) is 0 Å². The summed E-state index contributed by atoms with van der Waals surface area (Å²) >= 11 is 0. The number of nitrogens with one attached hydrogen (secondary N) is 2. The van der Waals surface area contributed by atoms with Gasteiger partial charge in [-0.05, 0) is 26.0 Å². The second-order valence-corrected chi connectivity index (χ2v) is 3.97. The van der Waals surface area contributed by atoms with Crippen LogP contribution >= 0.6 is 0 Å². The Morgan fingerprint density at radius 2 is 2.21 bits per heavy atom. The zero-order valence-corrected chi connectivity index (χ0v) is 10.9. The molecule has 100 valence electrons. The number of aromatic nitrogens is 2. The van der Waals surface area contributed by atoms with Crippen LogP contribution in [-0.2, 0) is 0 Å². The molecule has 0 radical (unpaired) electrons. The van der Waals surface area contributed by atoms with E-state index in [1.54, 1.807) is 6.92 Å². The zero-order chi connectivity index (χ0) is 13.8. The fourth-order valence-electron chi connectivity index (χ4n) is 1.92. The van der Waals surface area contributed by atoms with Crippen LogP contribution in [0, 0.1) is 6.92 Å². The van der Waals surface area contributed by atoms with Gasteiger partial charge in [-0.2, -0.15) is 5.10 Å². The lowest BCUT2D eigenvalue weighted by atomic mass is 10.0. The van der Waals surface area contributed by atoms with E-state index in [9.17, 15) is 4.79 Å². The molecular weight excluding hydrogens is 244 g/mol. The van der Waals surface area contributed by atoms with Gasteiger partial charge >= 0.3 is 0 Å². The van der Waals surface area contributed by atoms with E-state index in [0.29, 0.717) is 29.3 Å². The van der Waals surface area contributed by atoms with E-state index in [1.165, 1.54) is 0 Å². The van der Waals surface area contributed by atoms with Crippen LogP contribution in [0.25, 0.3) is 11.3 Å². The molecule has 0 fully saturated rings. The SMILES string of the molecule is CCOc1ccccc1-c1n[nH]c(C)c1C(=O)NN. The highest BCUT2D eigenvalue weighted by molar-refractivity contribution is 6.01. The van der Waals surface area contributed by atoms with Gasteiger partial charge in [-0.3, -0.25) is 15.3 Å². The molecule has 6 nitrogen and oxygen atoms in total. The third-order valence-electron chi connectivity index (χ3n) is 2.75. The Balaban J connectivity index is 2.56. The van der Waals surface area contributed by atoms with E-state index in [1.807, 2.05) is 31.2 Å². The number of rotatable bonds is 4. The summed E-state index contributed by atoms with van der Waals surface area (Å²) in [5.41, 5.74) is 4.50. The summed E-state index contributed by atoms with van der Waals surface area (Å²) in [6.45, 7) is 4.21. The van der Waals surface area contributed by atoms with E-state index in [2.05, 4.69) is 15.6 Å². The molecule has 1 amide bonds.